The molecule has 0 atom stereocenters. The molecule has 1 amide bonds. The standard InChI is InChI=1S/C13H19NO3/c1-13(2,3)10-7-9(8-14-12(15)16)5-6-11(10)17-4/h5-7,14H,8H2,1-4H3,(H,15,16). The average Bonchev–Trinajstić information content (AvgIpc) is 2.24. The van der Waals surface area contributed by atoms with Gasteiger partial charge in [0.15, 0.2) is 0 Å². The molecule has 1 aromatic rings. The Hall–Kier alpha value is -1.71. The van der Waals surface area contributed by atoms with Crippen LogP contribution in [0, 0.1) is 0 Å². The largest absolute Gasteiger partial charge is 0.496 e. The molecule has 4 heteroatoms. The Balaban J connectivity index is 3.01. The van der Waals surface area contributed by atoms with E-state index < -0.39 is 6.09 Å². The van der Waals surface area contributed by atoms with E-state index in [1.807, 2.05) is 18.2 Å². The summed E-state index contributed by atoms with van der Waals surface area (Å²) >= 11 is 0. The van der Waals surface area contributed by atoms with Crippen LogP contribution in [-0.2, 0) is 12.0 Å². The first-order valence-corrected chi connectivity index (χ1v) is 5.49. The number of ether oxygens (including phenoxy) is 1. The molecule has 94 valence electrons. The molecule has 0 fully saturated rings. The summed E-state index contributed by atoms with van der Waals surface area (Å²) in [5.74, 6) is 0.830. The molecule has 0 aromatic heterocycles. The number of carboxylic acid groups (broad SMARTS) is 1. The number of carbonyl (C=O) groups is 1. The van der Waals surface area contributed by atoms with E-state index in [0.717, 1.165) is 16.9 Å². The molecule has 0 aliphatic heterocycles. The van der Waals surface area contributed by atoms with Crippen LogP contribution >= 0.6 is 0 Å². The fourth-order valence-corrected chi connectivity index (χ4v) is 1.63. The van der Waals surface area contributed by atoms with Crippen molar-refractivity contribution < 1.29 is 14.6 Å². The van der Waals surface area contributed by atoms with Gasteiger partial charge in [-0.3, -0.25) is 0 Å². The highest BCUT2D eigenvalue weighted by Crippen LogP contribution is 2.31. The van der Waals surface area contributed by atoms with Gasteiger partial charge in [0, 0.05) is 6.54 Å². The molecule has 0 radical (unpaired) electrons. The van der Waals surface area contributed by atoms with E-state index in [1.165, 1.54) is 0 Å². The molecule has 0 spiro atoms. The van der Waals surface area contributed by atoms with E-state index in [1.54, 1.807) is 7.11 Å². The van der Waals surface area contributed by atoms with Gasteiger partial charge in [-0.25, -0.2) is 4.79 Å². The van der Waals surface area contributed by atoms with Crippen molar-refractivity contribution in [2.24, 2.45) is 0 Å². The zero-order valence-electron chi connectivity index (χ0n) is 10.7. The third-order valence-electron chi connectivity index (χ3n) is 2.52. The van der Waals surface area contributed by atoms with E-state index in [4.69, 9.17) is 9.84 Å². The van der Waals surface area contributed by atoms with E-state index >= 15 is 0 Å². The quantitative estimate of drug-likeness (QED) is 0.849. The summed E-state index contributed by atoms with van der Waals surface area (Å²) < 4.78 is 5.32. The smallest absolute Gasteiger partial charge is 0.404 e. The van der Waals surface area contributed by atoms with Crippen molar-refractivity contribution in [3.8, 4) is 5.75 Å². The molecule has 0 unspecified atom stereocenters. The Morgan fingerprint density at radius 3 is 2.53 bits per heavy atom. The monoisotopic (exact) mass is 237 g/mol. The van der Waals surface area contributed by atoms with Gasteiger partial charge in [-0.1, -0.05) is 26.8 Å². The molecule has 0 saturated carbocycles. The Morgan fingerprint density at radius 1 is 1.41 bits per heavy atom. The van der Waals surface area contributed by atoms with Gasteiger partial charge in [0.25, 0.3) is 0 Å². The minimum absolute atomic E-state index is 0.0371. The van der Waals surface area contributed by atoms with Crippen molar-refractivity contribution in [1.82, 2.24) is 5.32 Å². The molecule has 2 N–H and O–H groups in total. The highest BCUT2D eigenvalue weighted by atomic mass is 16.5. The highest BCUT2D eigenvalue weighted by molar-refractivity contribution is 5.64. The van der Waals surface area contributed by atoms with Gasteiger partial charge in [-0.05, 0) is 28.7 Å². The first-order valence-electron chi connectivity index (χ1n) is 5.49. The Bertz CT molecular complexity index is 408. The molecule has 0 aliphatic carbocycles. The lowest BCUT2D eigenvalue weighted by Crippen LogP contribution is -2.20. The van der Waals surface area contributed by atoms with Gasteiger partial charge in [0.2, 0.25) is 0 Å². The molecule has 4 nitrogen and oxygen atoms in total. The van der Waals surface area contributed by atoms with Crippen molar-refractivity contribution in [1.29, 1.82) is 0 Å². The van der Waals surface area contributed by atoms with Crippen molar-refractivity contribution in [3.05, 3.63) is 29.3 Å². The van der Waals surface area contributed by atoms with Crippen molar-refractivity contribution in [3.63, 3.8) is 0 Å². The summed E-state index contributed by atoms with van der Waals surface area (Å²) in [6.07, 6.45) is -1.02. The first-order chi connectivity index (χ1) is 7.84. The number of benzene rings is 1. The van der Waals surface area contributed by atoms with Gasteiger partial charge < -0.3 is 15.2 Å². The van der Waals surface area contributed by atoms with Crippen LogP contribution in [0.25, 0.3) is 0 Å². The number of nitrogens with one attached hydrogen (secondary N) is 1. The summed E-state index contributed by atoms with van der Waals surface area (Å²) in [6.45, 7) is 6.60. The lowest BCUT2D eigenvalue weighted by atomic mass is 9.85. The van der Waals surface area contributed by atoms with Crippen LogP contribution < -0.4 is 10.1 Å². The van der Waals surface area contributed by atoms with Gasteiger partial charge in [-0.2, -0.15) is 0 Å². The second-order valence-corrected chi connectivity index (χ2v) is 4.94. The summed E-state index contributed by atoms with van der Waals surface area (Å²) in [5, 5.41) is 10.9. The number of rotatable bonds is 3. The minimum atomic E-state index is -1.02. The van der Waals surface area contributed by atoms with Crippen LogP contribution in [0.3, 0.4) is 0 Å². The third-order valence-corrected chi connectivity index (χ3v) is 2.52. The lowest BCUT2D eigenvalue weighted by molar-refractivity contribution is 0.194. The van der Waals surface area contributed by atoms with E-state index in [0.29, 0.717) is 6.54 Å². The summed E-state index contributed by atoms with van der Waals surface area (Å²) in [4.78, 5) is 10.4. The second kappa shape index (κ2) is 5.08. The molecule has 1 rings (SSSR count). The Labute approximate surface area is 102 Å². The van der Waals surface area contributed by atoms with Gasteiger partial charge in [0.05, 0.1) is 7.11 Å². The Kier molecular flexibility index (Phi) is 3.99. The molecular formula is C13H19NO3. The average molecular weight is 237 g/mol. The van der Waals surface area contributed by atoms with Gasteiger partial charge in [0.1, 0.15) is 5.75 Å². The van der Waals surface area contributed by atoms with Crippen LogP contribution in [0.4, 0.5) is 4.79 Å². The Morgan fingerprint density at radius 2 is 2.06 bits per heavy atom. The number of hydrogen-bond donors (Lipinski definition) is 2. The predicted molar refractivity (Wildman–Crippen MR) is 66.6 cm³/mol. The minimum Gasteiger partial charge on any atom is -0.496 e. The molecule has 0 aliphatic rings. The molecule has 0 heterocycles. The van der Waals surface area contributed by atoms with Crippen molar-refractivity contribution >= 4 is 6.09 Å². The van der Waals surface area contributed by atoms with Crippen LogP contribution in [0.2, 0.25) is 0 Å². The van der Waals surface area contributed by atoms with Crippen LogP contribution in [0.15, 0.2) is 18.2 Å². The zero-order valence-corrected chi connectivity index (χ0v) is 10.7. The fourth-order valence-electron chi connectivity index (χ4n) is 1.63. The van der Waals surface area contributed by atoms with Crippen LogP contribution in [-0.4, -0.2) is 18.3 Å². The van der Waals surface area contributed by atoms with Crippen LogP contribution in [0.1, 0.15) is 31.9 Å². The van der Waals surface area contributed by atoms with Crippen molar-refractivity contribution in [2.75, 3.05) is 7.11 Å². The number of hydrogen-bond acceptors (Lipinski definition) is 2. The summed E-state index contributed by atoms with van der Waals surface area (Å²) in [6, 6.07) is 5.72. The first kappa shape index (κ1) is 13.4. The summed E-state index contributed by atoms with van der Waals surface area (Å²) in [5.41, 5.74) is 1.97. The molecule has 0 saturated heterocycles. The lowest BCUT2D eigenvalue weighted by Gasteiger charge is -2.22. The van der Waals surface area contributed by atoms with E-state index in [2.05, 4.69) is 26.1 Å². The van der Waals surface area contributed by atoms with Crippen molar-refractivity contribution in [2.45, 2.75) is 32.7 Å². The maximum atomic E-state index is 10.4. The maximum Gasteiger partial charge on any atom is 0.404 e. The number of amides is 1. The zero-order chi connectivity index (χ0) is 13.1. The molecular weight excluding hydrogens is 218 g/mol. The second-order valence-electron chi connectivity index (χ2n) is 4.94. The maximum absolute atomic E-state index is 10.4. The number of methoxy groups -OCH3 is 1. The van der Waals surface area contributed by atoms with Gasteiger partial charge >= 0.3 is 6.09 Å². The molecule has 1 aromatic carbocycles. The highest BCUT2D eigenvalue weighted by Gasteiger charge is 2.19. The normalized spacial score (nSPS) is 11.1. The molecule has 17 heavy (non-hydrogen) atoms. The fraction of sp³-hybridized carbons (Fsp3) is 0.462. The van der Waals surface area contributed by atoms with Gasteiger partial charge in [-0.15, -0.1) is 0 Å². The van der Waals surface area contributed by atoms with E-state index in [-0.39, 0.29) is 5.41 Å². The molecule has 0 bridgehead atoms. The van der Waals surface area contributed by atoms with Crippen LogP contribution in [0.5, 0.6) is 5.75 Å². The van der Waals surface area contributed by atoms with E-state index in [9.17, 15) is 4.79 Å². The SMILES string of the molecule is COc1ccc(CNC(=O)O)cc1C(C)(C)C. The summed E-state index contributed by atoms with van der Waals surface area (Å²) in [7, 11) is 1.64. The predicted octanol–water partition coefficient (Wildman–Crippen LogP) is 2.76. The third kappa shape index (κ3) is 3.66. The topological polar surface area (TPSA) is 58.6 Å².